The molecule has 0 aliphatic carbocycles. The lowest BCUT2D eigenvalue weighted by Gasteiger charge is -2.36. The van der Waals surface area contributed by atoms with E-state index in [-0.39, 0.29) is 0 Å². The molecule has 2 aromatic carbocycles. The van der Waals surface area contributed by atoms with E-state index in [1.54, 1.807) is 7.11 Å². The highest BCUT2D eigenvalue weighted by Crippen LogP contribution is 2.22. The van der Waals surface area contributed by atoms with Crippen molar-refractivity contribution in [2.24, 2.45) is 0 Å². The van der Waals surface area contributed by atoms with Crippen LogP contribution >= 0.6 is 0 Å². The molecule has 1 aliphatic rings. The van der Waals surface area contributed by atoms with Gasteiger partial charge in [0.1, 0.15) is 11.6 Å². The molecule has 1 aromatic heterocycles. The number of ether oxygens (including phenoxy) is 1. The number of methoxy groups -OCH3 is 1. The molecule has 0 amide bonds. The van der Waals surface area contributed by atoms with Crippen molar-refractivity contribution in [1.82, 2.24) is 9.97 Å². The summed E-state index contributed by atoms with van der Waals surface area (Å²) in [7, 11) is 1.69. The van der Waals surface area contributed by atoms with E-state index in [1.807, 2.05) is 24.4 Å². The van der Waals surface area contributed by atoms with Crippen molar-refractivity contribution in [3.8, 4) is 5.75 Å². The Labute approximate surface area is 172 Å². The van der Waals surface area contributed by atoms with Crippen LogP contribution in [0.2, 0.25) is 0 Å². The second kappa shape index (κ2) is 8.82. The van der Waals surface area contributed by atoms with Gasteiger partial charge in [0.25, 0.3) is 0 Å². The van der Waals surface area contributed by atoms with Crippen molar-refractivity contribution in [1.29, 1.82) is 0 Å². The Morgan fingerprint density at radius 3 is 2.28 bits per heavy atom. The van der Waals surface area contributed by atoms with Gasteiger partial charge in [0.05, 0.1) is 7.11 Å². The molecule has 6 nitrogen and oxygen atoms in total. The zero-order valence-electron chi connectivity index (χ0n) is 17.0. The molecule has 0 bridgehead atoms. The maximum Gasteiger partial charge on any atom is 0.224 e. The van der Waals surface area contributed by atoms with Gasteiger partial charge < -0.3 is 19.9 Å². The first-order chi connectivity index (χ1) is 14.2. The number of hydrogen-bond acceptors (Lipinski definition) is 6. The topological polar surface area (TPSA) is 53.5 Å². The van der Waals surface area contributed by atoms with Gasteiger partial charge >= 0.3 is 0 Å². The molecule has 0 radical (unpaired) electrons. The van der Waals surface area contributed by atoms with Crippen LogP contribution in [-0.2, 0) is 6.54 Å². The fourth-order valence-electron chi connectivity index (χ4n) is 3.48. The van der Waals surface area contributed by atoms with Crippen molar-refractivity contribution >= 4 is 17.5 Å². The van der Waals surface area contributed by atoms with Crippen LogP contribution in [0.25, 0.3) is 0 Å². The molecule has 1 fully saturated rings. The number of rotatable bonds is 6. The third-order valence-electron chi connectivity index (χ3n) is 5.25. The van der Waals surface area contributed by atoms with E-state index in [0.29, 0.717) is 5.95 Å². The summed E-state index contributed by atoms with van der Waals surface area (Å²) in [6, 6.07) is 18.7. The predicted octanol–water partition coefficient (Wildman–Crippen LogP) is 3.73. The van der Waals surface area contributed by atoms with Crippen LogP contribution in [0, 0.1) is 6.92 Å². The minimum absolute atomic E-state index is 0.667. The number of nitrogens with one attached hydrogen (secondary N) is 1. The average Bonchev–Trinajstić information content (AvgIpc) is 2.79. The fraction of sp³-hybridized carbons (Fsp3) is 0.304. The highest BCUT2D eigenvalue weighted by molar-refractivity contribution is 5.52. The van der Waals surface area contributed by atoms with Crippen LogP contribution in [0.15, 0.2) is 60.8 Å². The van der Waals surface area contributed by atoms with Gasteiger partial charge in [-0.1, -0.05) is 29.8 Å². The molecular formula is C23H27N5O. The highest BCUT2D eigenvalue weighted by Gasteiger charge is 2.18. The molecule has 1 aliphatic heterocycles. The predicted molar refractivity (Wildman–Crippen MR) is 118 cm³/mol. The second-order valence-corrected chi connectivity index (χ2v) is 7.25. The third kappa shape index (κ3) is 4.77. The van der Waals surface area contributed by atoms with Crippen molar-refractivity contribution in [3.05, 3.63) is 71.9 Å². The minimum atomic E-state index is 0.667. The van der Waals surface area contributed by atoms with Crippen LogP contribution in [0.5, 0.6) is 5.75 Å². The summed E-state index contributed by atoms with van der Waals surface area (Å²) in [5, 5.41) is 3.33. The third-order valence-corrected chi connectivity index (χ3v) is 5.25. The molecule has 29 heavy (non-hydrogen) atoms. The Morgan fingerprint density at radius 1 is 0.897 bits per heavy atom. The van der Waals surface area contributed by atoms with E-state index in [2.05, 4.69) is 63.4 Å². The molecular weight excluding hydrogens is 362 g/mol. The molecule has 6 heteroatoms. The summed E-state index contributed by atoms with van der Waals surface area (Å²) < 4.78 is 5.25. The fourth-order valence-corrected chi connectivity index (χ4v) is 3.48. The lowest BCUT2D eigenvalue weighted by atomic mass is 10.1. The number of nitrogens with zero attached hydrogens (tertiary/aromatic N) is 4. The summed E-state index contributed by atoms with van der Waals surface area (Å²) in [4.78, 5) is 13.8. The van der Waals surface area contributed by atoms with Crippen molar-refractivity contribution < 1.29 is 4.74 Å². The van der Waals surface area contributed by atoms with Crippen molar-refractivity contribution in [3.63, 3.8) is 0 Å². The number of anilines is 3. The van der Waals surface area contributed by atoms with Crippen LogP contribution < -0.4 is 19.9 Å². The Bertz CT molecular complexity index is 919. The van der Waals surface area contributed by atoms with E-state index in [9.17, 15) is 0 Å². The molecule has 4 rings (SSSR count). The van der Waals surface area contributed by atoms with Crippen LogP contribution in [0.1, 0.15) is 11.1 Å². The van der Waals surface area contributed by atoms with Gasteiger partial charge in [-0.3, -0.25) is 0 Å². The Balaban J connectivity index is 1.34. The Hall–Kier alpha value is -3.28. The van der Waals surface area contributed by atoms with Crippen molar-refractivity contribution in [2.75, 3.05) is 48.4 Å². The summed E-state index contributed by atoms with van der Waals surface area (Å²) in [6.45, 7) is 6.60. The summed E-state index contributed by atoms with van der Waals surface area (Å²) in [6.07, 6.45) is 1.83. The average molecular weight is 390 g/mol. The lowest BCUT2D eigenvalue weighted by Crippen LogP contribution is -2.46. The smallest absolute Gasteiger partial charge is 0.224 e. The quantitative estimate of drug-likeness (QED) is 0.693. The van der Waals surface area contributed by atoms with E-state index in [4.69, 9.17) is 9.72 Å². The summed E-state index contributed by atoms with van der Waals surface area (Å²) in [5.41, 5.74) is 3.71. The highest BCUT2D eigenvalue weighted by atomic mass is 16.5. The van der Waals surface area contributed by atoms with E-state index in [0.717, 1.165) is 44.3 Å². The minimum Gasteiger partial charge on any atom is -0.497 e. The van der Waals surface area contributed by atoms with Gasteiger partial charge in [-0.05, 0) is 42.8 Å². The van der Waals surface area contributed by atoms with E-state index < -0.39 is 0 Å². The summed E-state index contributed by atoms with van der Waals surface area (Å²) in [5.74, 6) is 2.53. The monoisotopic (exact) mass is 389 g/mol. The number of piperazine rings is 1. The first-order valence-electron chi connectivity index (χ1n) is 9.98. The first kappa shape index (κ1) is 19.1. The van der Waals surface area contributed by atoms with E-state index >= 15 is 0 Å². The van der Waals surface area contributed by atoms with Gasteiger partial charge in [-0.25, -0.2) is 4.98 Å². The number of hydrogen-bond donors (Lipinski definition) is 1. The molecule has 3 aromatic rings. The molecule has 1 saturated heterocycles. The standard InChI is InChI=1S/C23H27N5O/c1-18-3-5-19(6-4-18)17-25-23-24-12-11-22(26-23)28-15-13-27(14-16-28)20-7-9-21(29-2)10-8-20/h3-12H,13-17H2,1-2H3,(H,24,25,26). The zero-order valence-corrected chi connectivity index (χ0v) is 17.0. The van der Waals surface area contributed by atoms with Gasteiger partial charge in [-0.2, -0.15) is 4.98 Å². The lowest BCUT2D eigenvalue weighted by molar-refractivity contribution is 0.415. The molecule has 0 spiro atoms. The largest absolute Gasteiger partial charge is 0.497 e. The maximum absolute atomic E-state index is 5.25. The number of aromatic nitrogens is 2. The Morgan fingerprint density at radius 2 is 1.59 bits per heavy atom. The van der Waals surface area contributed by atoms with Crippen LogP contribution in [-0.4, -0.2) is 43.3 Å². The van der Waals surface area contributed by atoms with Crippen molar-refractivity contribution in [2.45, 2.75) is 13.5 Å². The van der Waals surface area contributed by atoms with Crippen LogP contribution in [0.3, 0.4) is 0 Å². The first-order valence-corrected chi connectivity index (χ1v) is 9.98. The molecule has 150 valence electrons. The molecule has 2 heterocycles. The normalized spacial score (nSPS) is 14.0. The van der Waals surface area contributed by atoms with Gasteiger partial charge in [0.15, 0.2) is 0 Å². The summed E-state index contributed by atoms with van der Waals surface area (Å²) >= 11 is 0. The zero-order chi connectivity index (χ0) is 20.1. The molecule has 0 saturated carbocycles. The second-order valence-electron chi connectivity index (χ2n) is 7.25. The number of benzene rings is 2. The molecule has 0 unspecified atom stereocenters. The maximum atomic E-state index is 5.25. The molecule has 0 atom stereocenters. The van der Waals surface area contributed by atoms with Gasteiger partial charge in [-0.15, -0.1) is 0 Å². The van der Waals surface area contributed by atoms with Crippen LogP contribution in [0.4, 0.5) is 17.5 Å². The van der Waals surface area contributed by atoms with E-state index in [1.165, 1.54) is 16.8 Å². The van der Waals surface area contributed by atoms with Gasteiger partial charge in [0.2, 0.25) is 5.95 Å². The molecule has 1 N–H and O–H groups in total. The van der Waals surface area contributed by atoms with Gasteiger partial charge in [0, 0.05) is 44.6 Å². The Kier molecular flexibility index (Phi) is 5.79. The SMILES string of the molecule is COc1ccc(N2CCN(c3ccnc(NCc4ccc(C)cc4)n3)CC2)cc1. The number of aryl methyl sites for hydroxylation is 1.